The van der Waals surface area contributed by atoms with Crippen LogP contribution in [0, 0.1) is 0 Å². The van der Waals surface area contributed by atoms with Crippen molar-refractivity contribution in [3.05, 3.63) is 28.5 Å². The van der Waals surface area contributed by atoms with E-state index in [2.05, 4.69) is 27.8 Å². The van der Waals surface area contributed by atoms with Crippen LogP contribution in [0.2, 0.25) is 0 Å². The zero-order valence-corrected chi connectivity index (χ0v) is 11.3. The van der Waals surface area contributed by atoms with Gasteiger partial charge in [0.2, 0.25) is 0 Å². The first-order chi connectivity index (χ1) is 8.20. The quantitative estimate of drug-likeness (QED) is 0.840. The molecule has 1 saturated heterocycles. The minimum Gasteiger partial charge on any atom is -0.375 e. The van der Waals surface area contributed by atoms with Crippen LogP contribution in [0.4, 0.5) is 0 Å². The number of morpholine rings is 1. The van der Waals surface area contributed by atoms with Crippen LogP contribution < -0.4 is 0 Å². The van der Waals surface area contributed by atoms with E-state index in [0.29, 0.717) is 25.4 Å². The van der Waals surface area contributed by atoms with Crippen molar-refractivity contribution < 1.29 is 9.53 Å². The lowest BCUT2D eigenvalue weighted by Gasteiger charge is -2.32. The zero-order chi connectivity index (χ0) is 12.3. The average molecular weight is 299 g/mol. The predicted molar refractivity (Wildman–Crippen MR) is 67.9 cm³/mol. The minimum atomic E-state index is -0.0146. The normalized spacial score (nSPS) is 20.4. The van der Waals surface area contributed by atoms with Gasteiger partial charge in [0.15, 0.2) is 0 Å². The van der Waals surface area contributed by atoms with Crippen molar-refractivity contribution in [1.29, 1.82) is 0 Å². The summed E-state index contributed by atoms with van der Waals surface area (Å²) in [7, 11) is 0. The van der Waals surface area contributed by atoms with Gasteiger partial charge >= 0.3 is 0 Å². The van der Waals surface area contributed by atoms with Crippen molar-refractivity contribution in [3.8, 4) is 0 Å². The number of amides is 1. The highest BCUT2D eigenvalue weighted by atomic mass is 79.9. The molecule has 2 rings (SSSR count). The van der Waals surface area contributed by atoms with Crippen molar-refractivity contribution in [3.63, 3.8) is 0 Å². The van der Waals surface area contributed by atoms with Crippen LogP contribution in [0.1, 0.15) is 23.8 Å². The molecule has 1 atom stereocenters. The first kappa shape index (κ1) is 12.5. The van der Waals surface area contributed by atoms with Crippen molar-refractivity contribution in [2.75, 3.05) is 19.7 Å². The summed E-state index contributed by atoms with van der Waals surface area (Å²) in [5.74, 6) is -0.0146. The number of rotatable bonds is 2. The van der Waals surface area contributed by atoms with E-state index >= 15 is 0 Å². The molecule has 2 heterocycles. The van der Waals surface area contributed by atoms with Crippen LogP contribution in [-0.2, 0) is 4.74 Å². The zero-order valence-electron chi connectivity index (χ0n) is 9.73. The second-order valence-electron chi connectivity index (χ2n) is 4.01. The largest absolute Gasteiger partial charge is 0.375 e. The summed E-state index contributed by atoms with van der Waals surface area (Å²) in [5.41, 5.74) is 0.491. The predicted octanol–water partition coefficient (Wildman–Crippen LogP) is 2.10. The second-order valence-corrected chi connectivity index (χ2v) is 4.93. The monoisotopic (exact) mass is 298 g/mol. The Morgan fingerprint density at radius 2 is 2.47 bits per heavy atom. The van der Waals surface area contributed by atoms with Crippen molar-refractivity contribution in [1.82, 2.24) is 9.88 Å². The molecule has 0 radical (unpaired) electrons. The molecule has 1 unspecified atom stereocenters. The van der Waals surface area contributed by atoms with Gasteiger partial charge in [0.25, 0.3) is 5.91 Å². The molecule has 0 N–H and O–H groups in total. The third kappa shape index (κ3) is 3.04. The molecule has 0 bridgehead atoms. The number of ether oxygens (including phenoxy) is 1. The third-order valence-corrected chi connectivity index (χ3v) is 3.30. The van der Waals surface area contributed by atoms with Crippen LogP contribution in [0.3, 0.4) is 0 Å². The molecule has 0 aliphatic carbocycles. The fourth-order valence-corrected chi connectivity index (χ4v) is 2.05. The van der Waals surface area contributed by atoms with E-state index in [9.17, 15) is 4.79 Å². The fraction of sp³-hybridized carbons (Fsp3) is 0.500. The van der Waals surface area contributed by atoms with Crippen molar-refractivity contribution in [2.45, 2.75) is 19.4 Å². The number of aromatic nitrogens is 1. The van der Waals surface area contributed by atoms with E-state index in [1.54, 1.807) is 12.3 Å². The molecule has 92 valence electrons. The fourth-order valence-electron chi connectivity index (χ4n) is 1.82. The first-order valence-electron chi connectivity index (χ1n) is 5.73. The topological polar surface area (TPSA) is 42.4 Å². The van der Waals surface area contributed by atoms with Crippen LogP contribution in [0.5, 0.6) is 0 Å². The Kier molecular flexibility index (Phi) is 4.12. The summed E-state index contributed by atoms with van der Waals surface area (Å²) in [5, 5.41) is 0. The average Bonchev–Trinajstić information content (AvgIpc) is 2.39. The standard InChI is InChI=1S/C12H15BrN2O2/c1-2-10-8-15(5-6-17-10)12(16)11-4-3-9(13)7-14-11/h3-4,7,10H,2,5-6,8H2,1H3. The molecule has 0 saturated carbocycles. The molecule has 0 spiro atoms. The van der Waals surface area contributed by atoms with Gasteiger partial charge < -0.3 is 9.64 Å². The maximum atomic E-state index is 12.2. The summed E-state index contributed by atoms with van der Waals surface area (Å²) < 4.78 is 6.42. The summed E-state index contributed by atoms with van der Waals surface area (Å²) >= 11 is 3.30. The van der Waals surface area contributed by atoms with E-state index in [-0.39, 0.29) is 12.0 Å². The molecule has 1 aromatic rings. The van der Waals surface area contributed by atoms with Gasteiger partial charge in [0.1, 0.15) is 5.69 Å². The van der Waals surface area contributed by atoms with E-state index in [4.69, 9.17) is 4.74 Å². The Balaban J connectivity index is 2.06. The van der Waals surface area contributed by atoms with E-state index in [1.807, 2.05) is 11.0 Å². The van der Waals surface area contributed by atoms with Gasteiger partial charge in [-0.15, -0.1) is 0 Å². The first-order valence-corrected chi connectivity index (χ1v) is 6.52. The number of hydrogen-bond acceptors (Lipinski definition) is 3. The number of pyridine rings is 1. The highest BCUT2D eigenvalue weighted by molar-refractivity contribution is 9.10. The third-order valence-electron chi connectivity index (χ3n) is 2.83. The van der Waals surface area contributed by atoms with Crippen LogP contribution in [0.25, 0.3) is 0 Å². The van der Waals surface area contributed by atoms with Gasteiger partial charge in [-0.1, -0.05) is 6.92 Å². The molecule has 4 nitrogen and oxygen atoms in total. The van der Waals surface area contributed by atoms with Gasteiger partial charge in [-0.2, -0.15) is 0 Å². The second kappa shape index (κ2) is 5.60. The van der Waals surface area contributed by atoms with Gasteiger partial charge in [-0.05, 0) is 34.5 Å². The molecule has 1 aliphatic heterocycles. The molecule has 0 aromatic carbocycles. The van der Waals surface area contributed by atoms with Crippen LogP contribution >= 0.6 is 15.9 Å². The minimum absolute atomic E-state index is 0.0146. The lowest BCUT2D eigenvalue weighted by Crippen LogP contribution is -2.45. The summed E-state index contributed by atoms with van der Waals surface area (Å²) in [6.45, 7) is 3.98. The van der Waals surface area contributed by atoms with Gasteiger partial charge in [0.05, 0.1) is 12.7 Å². The molecule has 17 heavy (non-hydrogen) atoms. The number of hydrogen-bond donors (Lipinski definition) is 0. The molecule has 1 aromatic heterocycles. The Morgan fingerprint density at radius 3 is 3.12 bits per heavy atom. The molecular formula is C12H15BrN2O2. The number of carbonyl (C=O) groups excluding carboxylic acids is 1. The lowest BCUT2D eigenvalue weighted by molar-refractivity contribution is -0.0228. The van der Waals surface area contributed by atoms with Gasteiger partial charge in [0, 0.05) is 23.8 Å². The Labute approximate surface area is 109 Å². The van der Waals surface area contributed by atoms with E-state index in [0.717, 1.165) is 10.9 Å². The Bertz CT molecular complexity index is 394. The summed E-state index contributed by atoms with van der Waals surface area (Å²) in [6, 6.07) is 3.57. The molecule has 1 fully saturated rings. The number of nitrogens with zero attached hydrogens (tertiary/aromatic N) is 2. The smallest absolute Gasteiger partial charge is 0.272 e. The highest BCUT2D eigenvalue weighted by Gasteiger charge is 2.24. The Morgan fingerprint density at radius 1 is 1.65 bits per heavy atom. The molecule has 1 aliphatic rings. The maximum absolute atomic E-state index is 12.2. The molecule has 1 amide bonds. The number of carbonyl (C=O) groups is 1. The maximum Gasteiger partial charge on any atom is 0.272 e. The summed E-state index contributed by atoms with van der Waals surface area (Å²) in [4.78, 5) is 18.1. The van der Waals surface area contributed by atoms with Crippen molar-refractivity contribution >= 4 is 21.8 Å². The molecule has 5 heteroatoms. The highest BCUT2D eigenvalue weighted by Crippen LogP contribution is 2.13. The summed E-state index contributed by atoms with van der Waals surface area (Å²) in [6.07, 6.45) is 2.73. The van der Waals surface area contributed by atoms with Crippen molar-refractivity contribution in [2.24, 2.45) is 0 Å². The SMILES string of the molecule is CCC1CN(C(=O)c2ccc(Br)cn2)CCO1. The van der Waals surface area contributed by atoms with Gasteiger partial charge in [-0.25, -0.2) is 4.98 Å². The van der Waals surface area contributed by atoms with Crippen LogP contribution in [0.15, 0.2) is 22.8 Å². The Hall–Kier alpha value is -0.940. The molecular weight excluding hydrogens is 284 g/mol. The number of halogens is 1. The van der Waals surface area contributed by atoms with E-state index in [1.165, 1.54) is 0 Å². The van der Waals surface area contributed by atoms with Gasteiger partial charge in [-0.3, -0.25) is 4.79 Å². The lowest BCUT2D eigenvalue weighted by atomic mass is 10.2. The van der Waals surface area contributed by atoms with Crippen LogP contribution in [-0.4, -0.2) is 41.6 Å². The van der Waals surface area contributed by atoms with E-state index < -0.39 is 0 Å².